The lowest BCUT2D eigenvalue weighted by Crippen LogP contribution is -2.48. The number of nitrogens with one attached hydrogen (secondary N) is 1. The Labute approximate surface area is 114 Å². The Morgan fingerprint density at radius 3 is 2.68 bits per heavy atom. The van der Waals surface area contributed by atoms with Crippen LogP contribution in [0.2, 0.25) is 0 Å². The summed E-state index contributed by atoms with van der Waals surface area (Å²) >= 11 is 0. The maximum atomic E-state index is 12.3. The molecule has 102 valence electrons. The molecular weight excluding hydrogens is 238 g/mol. The molecule has 0 aliphatic heterocycles. The minimum atomic E-state index is -0.709. The molecule has 2 unspecified atom stereocenters. The van der Waals surface area contributed by atoms with Crippen LogP contribution in [0.4, 0.5) is 0 Å². The van der Waals surface area contributed by atoms with Crippen molar-refractivity contribution in [1.82, 2.24) is 5.32 Å². The molecule has 3 nitrogen and oxygen atoms in total. The topological polar surface area (TPSA) is 49.3 Å². The molecule has 0 spiro atoms. The zero-order valence-corrected chi connectivity index (χ0v) is 11.3. The summed E-state index contributed by atoms with van der Waals surface area (Å²) in [6, 6.07) is 9.61. The average Bonchev–Trinajstić information content (AvgIpc) is 2.49. The van der Waals surface area contributed by atoms with Crippen LogP contribution >= 0.6 is 0 Å². The number of hydrogen-bond donors (Lipinski definition) is 2. The van der Waals surface area contributed by atoms with Gasteiger partial charge in [0.1, 0.15) is 0 Å². The second kappa shape index (κ2) is 6.02. The molecule has 0 saturated heterocycles. The molecule has 1 aliphatic rings. The first kappa shape index (κ1) is 13.8. The van der Waals surface area contributed by atoms with Gasteiger partial charge in [0.2, 0.25) is 5.91 Å². The number of hydrogen-bond acceptors (Lipinski definition) is 2. The SMILES string of the molecule is CC(CO)(NC(=O)C1CC=CCC1)c1ccccc1. The molecule has 0 fully saturated rings. The van der Waals surface area contributed by atoms with Crippen molar-refractivity contribution in [2.75, 3.05) is 6.61 Å². The Bertz CT molecular complexity index is 455. The monoisotopic (exact) mass is 259 g/mol. The van der Waals surface area contributed by atoms with Crippen LogP contribution in [0.15, 0.2) is 42.5 Å². The molecule has 0 saturated carbocycles. The molecule has 1 amide bonds. The molecule has 0 aromatic heterocycles. The van der Waals surface area contributed by atoms with Crippen LogP contribution in [0.1, 0.15) is 31.7 Å². The Balaban J connectivity index is 2.10. The number of carbonyl (C=O) groups excluding carboxylic acids is 1. The molecule has 1 aliphatic carbocycles. The summed E-state index contributed by atoms with van der Waals surface area (Å²) in [5.74, 6) is 0.0596. The number of aliphatic hydroxyl groups excluding tert-OH is 1. The van der Waals surface area contributed by atoms with Crippen LogP contribution in [0.5, 0.6) is 0 Å². The number of benzene rings is 1. The van der Waals surface area contributed by atoms with Gasteiger partial charge in [-0.2, -0.15) is 0 Å². The van der Waals surface area contributed by atoms with Gasteiger partial charge in [0.05, 0.1) is 12.1 Å². The van der Waals surface area contributed by atoms with E-state index in [1.54, 1.807) is 0 Å². The second-order valence-corrected chi connectivity index (χ2v) is 5.33. The summed E-state index contributed by atoms with van der Waals surface area (Å²) in [6.07, 6.45) is 6.82. The summed E-state index contributed by atoms with van der Waals surface area (Å²) in [5, 5.41) is 12.7. The number of rotatable bonds is 4. The van der Waals surface area contributed by atoms with Crippen molar-refractivity contribution >= 4 is 5.91 Å². The van der Waals surface area contributed by atoms with Crippen LogP contribution in [0.3, 0.4) is 0 Å². The zero-order valence-electron chi connectivity index (χ0n) is 11.3. The number of aliphatic hydroxyl groups is 1. The van der Waals surface area contributed by atoms with E-state index in [-0.39, 0.29) is 18.4 Å². The fourth-order valence-corrected chi connectivity index (χ4v) is 2.41. The first-order valence-corrected chi connectivity index (χ1v) is 6.79. The highest BCUT2D eigenvalue weighted by Gasteiger charge is 2.30. The number of amides is 1. The van der Waals surface area contributed by atoms with E-state index in [4.69, 9.17) is 0 Å². The normalized spacial score (nSPS) is 21.7. The summed E-state index contributed by atoms with van der Waals surface area (Å²) in [5.41, 5.74) is 0.219. The van der Waals surface area contributed by atoms with Crippen molar-refractivity contribution in [3.05, 3.63) is 48.0 Å². The molecule has 1 aromatic carbocycles. The van der Waals surface area contributed by atoms with Crippen molar-refractivity contribution in [3.8, 4) is 0 Å². The largest absolute Gasteiger partial charge is 0.394 e. The van der Waals surface area contributed by atoms with E-state index in [0.29, 0.717) is 0 Å². The molecular formula is C16H21NO2. The summed E-state index contributed by atoms with van der Waals surface area (Å²) in [4.78, 5) is 12.3. The Kier molecular flexibility index (Phi) is 4.38. The van der Waals surface area contributed by atoms with Gasteiger partial charge in [-0.15, -0.1) is 0 Å². The van der Waals surface area contributed by atoms with Gasteiger partial charge >= 0.3 is 0 Å². The molecule has 0 heterocycles. The standard InChI is InChI=1S/C16H21NO2/c1-16(12-18,14-10-6-3-7-11-14)17-15(19)13-8-4-2-5-9-13/h2-4,6-7,10-11,13,18H,5,8-9,12H2,1H3,(H,17,19). The number of carbonyl (C=O) groups is 1. The Morgan fingerprint density at radius 2 is 2.11 bits per heavy atom. The van der Waals surface area contributed by atoms with Crippen LogP contribution < -0.4 is 5.32 Å². The fraction of sp³-hybridized carbons (Fsp3) is 0.438. The van der Waals surface area contributed by atoms with Crippen LogP contribution in [0.25, 0.3) is 0 Å². The smallest absolute Gasteiger partial charge is 0.224 e. The fourth-order valence-electron chi connectivity index (χ4n) is 2.41. The molecule has 2 atom stereocenters. The first-order chi connectivity index (χ1) is 9.15. The van der Waals surface area contributed by atoms with E-state index < -0.39 is 5.54 Å². The molecule has 1 aromatic rings. The van der Waals surface area contributed by atoms with E-state index >= 15 is 0 Å². The van der Waals surface area contributed by atoms with E-state index in [1.165, 1.54) is 0 Å². The van der Waals surface area contributed by atoms with Gasteiger partial charge in [0.15, 0.2) is 0 Å². The van der Waals surface area contributed by atoms with Gasteiger partial charge in [0.25, 0.3) is 0 Å². The van der Waals surface area contributed by atoms with E-state index in [0.717, 1.165) is 24.8 Å². The maximum Gasteiger partial charge on any atom is 0.224 e. The van der Waals surface area contributed by atoms with E-state index in [2.05, 4.69) is 17.5 Å². The molecule has 2 N–H and O–H groups in total. The Hall–Kier alpha value is -1.61. The molecule has 2 rings (SSSR count). The van der Waals surface area contributed by atoms with Gasteiger partial charge in [-0.25, -0.2) is 0 Å². The minimum absolute atomic E-state index is 0.0274. The molecule has 0 radical (unpaired) electrons. The van der Waals surface area contributed by atoms with Crippen molar-refractivity contribution in [3.63, 3.8) is 0 Å². The molecule has 19 heavy (non-hydrogen) atoms. The third-order valence-electron chi connectivity index (χ3n) is 3.77. The first-order valence-electron chi connectivity index (χ1n) is 6.79. The van der Waals surface area contributed by atoms with Gasteiger partial charge < -0.3 is 10.4 Å². The lowest BCUT2D eigenvalue weighted by molar-refractivity contribution is -0.127. The van der Waals surface area contributed by atoms with Crippen molar-refractivity contribution in [2.45, 2.75) is 31.7 Å². The van der Waals surface area contributed by atoms with E-state index in [9.17, 15) is 9.90 Å². The summed E-state index contributed by atoms with van der Waals surface area (Å²) in [6.45, 7) is 1.75. The molecule has 3 heteroatoms. The lowest BCUT2D eigenvalue weighted by Gasteiger charge is -2.31. The highest BCUT2D eigenvalue weighted by molar-refractivity contribution is 5.80. The van der Waals surface area contributed by atoms with Crippen LogP contribution in [-0.4, -0.2) is 17.6 Å². The van der Waals surface area contributed by atoms with Crippen molar-refractivity contribution < 1.29 is 9.90 Å². The second-order valence-electron chi connectivity index (χ2n) is 5.33. The molecule has 0 bridgehead atoms. The number of allylic oxidation sites excluding steroid dienone is 2. The quantitative estimate of drug-likeness (QED) is 0.816. The van der Waals surface area contributed by atoms with Gasteiger partial charge in [-0.3, -0.25) is 4.79 Å². The third kappa shape index (κ3) is 3.24. The summed E-state index contributed by atoms with van der Waals surface area (Å²) < 4.78 is 0. The van der Waals surface area contributed by atoms with Gasteiger partial charge in [-0.1, -0.05) is 42.5 Å². The van der Waals surface area contributed by atoms with Crippen LogP contribution in [-0.2, 0) is 10.3 Å². The van der Waals surface area contributed by atoms with Gasteiger partial charge in [0, 0.05) is 5.92 Å². The maximum absolute atomic E-state index is 12.3. The summed E-state index contributed by atoms with van der Waals surface area (Å²) in [7, 11) is 0. The van der Waals surface area contributed by atoms with Crippen molar-refractivity contribution in [2.24, 2.45) is 5.92 Å². The Morgan fingerprint density at radius 1 is 1.37 bits per heavy atom. The lowest BCUT2D eigenvalue weighted by atomic mass is 9.89. The van der Waals surface area contributed by atoms with Crippen molar-refractivity contribution in [1.29, 1.82) is 0 Å². The predicted octanol–water partition coefficient (Wildman–Crippen LogP) is 2.37. The zero-order chi connectivity index (χ0) is 13.7. The third-order valence-corrected chi connectivity index (χ3v) is 3.77. The minimum Gasteiger partial charge on any atom is -0.394 e. The highest BCUT2D eigenvalue weighted by atomic mass is 16.3. The predicted molar refractivity (Wildman–Crippen MR) is 75.5 cm³/mol. The highest BCUT2D eigenvalue weighted by Crippen LogP contribution is 2.23. The van der Waals surface area contributed by atoms with E-state index in [1.807, 2.05) is 37.3 Å². The average molecular weight is 259 g/mol. The van der Waals surface area contributed by atoms with Gasteiger partial charge in [-0.05, 0) is 31.7 Å². The van der Waals surface area contributed by atoms with Crippen LogP contribution in [0, 0.1) is 5.92 Å².